The molecule has 0 radical (unpaired) electrons. The van der Waals surface area contributed by atoms with Gasteiger partial charge in [0.1, 0.15) is 0 Å². The summed E-state index contributed by atoms with van der Waals surface area (Å²) < 4.78 is 1.13. The SMILES string of the molecule is C=C(CC)CNc1c(C)cc(C)cc1Br. The zero-order chi connectivity index (χ0) is 11.4. The number of hydrogen-bond acceptors (Lipinski definition) is 1. The lowest BCUT2D eigenvalue weighted by atomic mass is 10.1. The quantitative estimate of drug-likeness (QED) is 0.796. The molecule has 0 aliphatic rings. The van der Waals surface area contributed by atoms with Gasteiger partial charge in [0.15, 0.2) is 0 Å². The van der Waals surface area contributed by atoms with Gasteiger partial charge in [-0.25, -0.2) is 0 Å². The molecule has 1 N–H and O–H groups in total. The lowest BCUT2D eigenvalue weighted by Gasteiger charge is -2.13. The summed E-state index contributed by atoms with van der Waals surface area (Å²) in [4.78, 5) is 0. The van der Waals surface area contributed by atoms with E-state index in [0.717, 1.165) is 17.4 Å². The van der Waals surface area contributed by atoms with E-state index in [1.54, 1.807) is 0 Å². The fourth-order valence-electron chi connectivity index (χ4n) is 1.48. The van der Waals surface area contributed by atoms with Crippen molar-refractivity contribution in [1.82, 2.24) is 0 Å². The van der Waals surface area contributed by atoms with Crippen molar-refractivity contribution in [3.8, 4) is 0 Å². The lowest BCUT2D eigenvalue weighted by Crippen LogP contribution is -2.05. The first-order valence-corrected chi connectivity index (χ1v) is 6.01. The molecular weight excluding hydrogens is 250 g/mol. The number of benzene rings is 1. The van der Waals surface area contributed by atoms with Crippen LogP contribution < -0.4 is 5.32 Å². The molecule has 0 amide bonds. The number of nitrogens with one attached hydrogen (secondary N) is 1. The smallest absolute Gasteiger partial charge is 0.0517 e. The van der Waals surface area contributed by atoms with Crippen LogP contribution in [0.2, 0.25) is 0 Å². The van der Waals surface area contributed by atoms with Gasteiger partial charge in [-0.15, -0.1) is 0 Å². The number of hydrogen-bond donors (Lipinski definition) is 1. The van der Waals surface area contributed by atoms with E-state index < -0.39 is 0 Å². The van der Waals surface area contributed by atoms with Crippen LogP contribution in [0.15, 0.2) is 28.8 Å². The molecule has 0 atom stereocenters. The van der Waals surface area contributed by atoms with Crippen LogP contribution in [0.25, 0.3) is 0 Å². The zero-order valence-electron chi connectivity index (χ0n) is 9.65. The molecule has 0 spiro atoms. The third kappa shape index (κ3) is 3.38. The van der Waals surface area contributed by atoms with Crippen molar-refractivity contribution in [1.29, 1.82) is 0 Å². The third-order valence-electron chi connectivity index (χ3n) is 2.45. The highest BCUT2D eigenvalue weighted by molar-refractivity contribution is 9.10. The van der Waals surface area contributed by atoms with Crippen LogP contribution in [0.1, 0.15) is 24.5 Å². The highest BCUT2D eigenvalue weighted by atomic mass is 79.9. The van der Waals surface area contributed by atoms with Gasteiger partial charge in [-0.05, 0) is 53.4 Å². The lowest BCUT2D eigenvalue weighted by molar-refractivity contribution is 1.05. The summed E-state index contributed by atoms with van der Waals surface area (Å²) in [5.74, 6) is 0. The average Bonchev–Trinajstić information content (AvgIpc) is 2.15. The van der Waals surface area contributed by atoms with Crippen LogP contribution in [0.5, 0.6) is 0 Å². The van der Waals surface area contributed by atoms with E-state index in [1.807, 2.05) is 0 Å². The van der Waals surface area contributed by atoms with Crippen molar-refractivity contribution < 1.29 is 0 Å². The van der Waals surface area contributed by atoms with Crippen molar-refractivity contribution >= 4 is 21.6 Å². The first-order chi connectivity index (χ1) is 7.04. The maximum absolute atomic E-state index is 3.99. The van der Waals surface area contributed by atoms with E-state index in [0.29, 0.717) is 0 Å². The molecule has 1 nitrogen and oxygen atoms in total. The van der Waals surface area contributed by atoms with E-state index in [4.69, 9.17) is 0 Å². The Balaban J connectivity index is 2.81. The Hall–Kier alpha value is -0.760. The Morgan fingerprint density at radius 2 is 2.07 bits per heavy atom. The Bertz CT molecular complexity index is 346. The molecule has 0 aromatic heterocycles. The minimum absolute atomic E-state index is 0.846. The highest BCUT2D eigenvalue weighted by Gasteiger charge is 2.04. The summed E-state index contributed by atoms with van der Waals surface area (Å²) in [6.07, 6.45) is 1.02. The summed E-state index contributed by atoms with van der Waals surface area (Å²) in [7, 11) is 0. The summed E-state index contributed by atoms with van der Waals surface area (Å²) in [6, 6.07) is 4.31. The van der Waals surface area contributed by atoms with Crippen molar-refractivity contribution in [2.45, 2.75) is 27.2 Å². The van der Waals surface area contributed by atoms with E-state index in [9.17, 15) is 0 Å². The molecular formula is C13H18BrN. The van der Waals surface area contributed by atoms with Gasteiger partial charge in [-0.3, -0.25) is 0 Å². The van der Waals surface area contributed by atoms with E-state index in [1.165, 1.54) is 22.4 Å². The predicted octanol–water partition coefficient (Wildman–Crippen LogP) is 4.44. The average molecular weight is 268 g/mol. The molecule has 0 unspecified atom stereocenters. The molecule has 0 bridgehead atoms. The Kier molecular flexibility index (Phi) is 4.40. The van der Waals surface area contributed by atoms with E-state index in [-0.39, 0.29) is 0 Å². The van der Waals surface area contributed by atoms with Crippen molar-refractivity contribution in [2.24, 2.45) is 0 Å². The van der Waals surface area contributed by atoms with Crippen molar-refractivity contribution in [2.75, 3.05) is 11.9 Å². The molecule has 15 heavy (non-hydrogen) atoms. The minimum Gasteiger partial charge on any atom is -0.380 e. The Morgan fingerprint density at radius 3 is 2.60 bits per heavy atom. The first-order valence-electron chi connectivity index (χ1n) is 5.22. The second kappa shape index (κ2) is 5.36. The monoisotopic (exact) mass is 267 g/mol. The van der Waals surface area contributed by atoms with Gasteiger partial charge in [0, 0.05) is 11.0 Å². The summed E-state index contributed by atoms with van der Waals surface area (Å²) in [6.45, 7) is 11.2. The topological polar surface area (TPSA) is 12.0 Å². The zero-order valence-corrected chi connectivity index (χ0v) is 11.2. The summed E-state index contributed by atoms with van der Waals surface area (Å²) >= 11 is 3.58. The largest absolute Gasteiger partial charge is 0.380 e. The molecule has 82 valence electrons. The van der Waals surface area contributed by atoms with Gasteiger partial charge >= 0.3 is 0 Å². The first kappa shape index (κ1) is 12.3. The van der Waals surface area contributed by atoms with Gasteiger partial charge in [0.25, 0.3) is 0 Å². The molecule has 0 saturated heterocycles. The van der Waals surface area contributed by atoms with Crippen LogP contribution in [-0.4, -0.2) is 6.54 Å². The molecule has 0 fully saturated rings. The maximum atomic E-state index is 3.99. The fourth-order valence-corrected chi connectivity index (χ4v) is 2.29. The molecule has 0 heterocycles. The van der Waals surface area contributed by atoms with Gasteiger partial charge in [0.2, 0.25) is 0 Å². The van der Waals surface area contributed by atoms with Crippen molar-refractivity contribution in [3.05, 3.63) is 39.9 Å². The number of aryl methyl sites for hydroxylation is 2. The summed E-state index contributed by atoms with van der Waals surface area (Å²) in [5.41, 5.74) is 4.95. The molecule has 1 aromatic rings. The normalized spacial score (nSPS) is 10.1. The second-order valence-electron chi connectivity index (χ2n) is 3.90. The highest BCUT2D eigenvalue weighted by Crippen LogP contribution is 2.27. The van der Waals surface area contributed by atoms with Crippen molar-refractivity contribution in [3.63, 3.8) is 0 Å². The number of rotatable bonds is 4. The summed E-state index contributed by atoms with van der Waals surface area (Å²) in [5, 5.41) is 3.41. The van der Waals surface area contributed by atoms with Crippen LogP contribution in [0.4, 0.5) is 5.69 Å². The Labute approximate surface area is 101 Å². The predicted molar refractivity (Wildman–Crippen MR) is 71.5 cm³/mol. The van der Waals surface area contributed by atoms with E-state index >= 15 is 0 Å². The third-order valence-corrected chi connectivity index (χ3v) is 3.07. The molecule has 2 heteroatoms. The molecule has 1 rings (SSSR count). The van der Waals surface area contributed by atoms with Crippen LogP contribution in [0, 0.1) is 13.8 Å². The van der Waals surface area contributed by atoms with Crippen LogP contribution in [-0.2, 0) is 0 Å². The van der Waals surface area contributed by atoms with Crippen LogP contribution >= 0.6 is 15.9 Å². The van der Waals surface area contributed by atoms with Gasteiger partial charge in [0.05, 0.1) is 5.69 Å². The van der Waals surface area contributed by atoms with Gasteiger partial charge in [-0.1, -0.05) is 25.1 Å². The molecule has 0 aliphatic carbocycles. The molecule has 0 aliphatic heterocycles. The van der Waals surface area contributed by atoms with Crippen LogP contribution in [0.3, 0.4) is 0 Å². The van der Waals surface area contributed by atoms with Gasteiger partial charge in [-0.2, -0.15) is 0 Å². The minimum atomic E-state index is 0.846. The Morgan fingerprint density at radius 1 is 1.40 bits per heavy atom. The maximum Gasteiger partial charge on any atom is 0.0517 e. The second-order valence-corrected chi connectivity index (χ2v) is 4.75. The molecule has 1 aromatic carbocycles. The fraction of sp³-hybridized carbons (Fsp3) is 0.385. The molecule has 0 saturated carbocycles. The van der Waals surface area contributed by atoms with E-state index in [2.05, 4.69) is 60.7 Å². The number of anilines is 1. The standard InChI is InChI=1S/C13H18BrN/c1-5-9(2)8-15-13-11(4)6-10(3)7-12(13)14/h6-7,15H,2,5,8H2,1,3-4H3. The van der Waals surface area contributed by atoms with Gasteiger partial charge < -0.3 is 5.32 Å². The number of halogens is 1.